The number of hydrogen-bond acceptors (Lipinski definition) is 4. The van der Waals surface area contributed by atoms with Crippen LogP contribution in [0.4, 0.5) is 0 Å². The maximum atomic E-state index is 12.4. The van der Waals surface area contributed by atoms with Gasteiger partial charge in [-0.15, -0.1) is 11.8 Å². The molecule has 0 aliphatic carbocycles. The highest BCUT2D eigenvalue weighted by Gasteiger charge is 2.37. The van der Waals surface area contributed by atoms with Gasteiger partial charge in [0.25, 0.3) is 0 Å². The van der Waals surface area contributed by atoms with Gasteiger partial charge in [0, 0.05) is 24.3 Å². The largest absolute Gasteiger partial charge is 0.468 e. The van der Waals surface area contributed by atoms with Gasteiger partial charge >= 0.3 is 5.97 Å². The molecule has 2 unspecified atom stereocenters. The number of fused-ring (bicyclic) bond motifs is 1. The second-order valence-electron chi connectivity index (χ2n) is 5.73. The van der Waals surface area contributed by atoms with Gasteiger partial charge in [0.05, 0.1) is 7.11 Å². The Labute approximate surface area is 130 Å². The smallest absolute Gasteiger partial charge is 0.327 e. The molecule has 1 saturated heterocycles. The topological polar surface area (TPSA) is 29.5 Å². The van der Waals surface area contributed by atoms with Gasteiger partial charge in [0.1, 0.15) is 6.04 Å². The fraction of sp³-hybridized carbons (Fsp3) is 0.471. The first-order chi connectivity index (χ1) is 10.2. The van der Waals surface area contributed by atoms with Crippen molar-refractivity contribution in [2.24, 2.45) is 5.92 Å². The highest BCUT2D eigenvalue weighted by atomic mass is 32.2. The van der Waals surface area contributed by atoms with Gasteiger partial charge in [0.15, 0.2) is 0 Å². The lowest BCUT2D eigenvalue weighted by molar-refractivity contribution is -0.148. The number of benzene rings is 1. The molecule has 0 radical (unpaired) electrons. The Balaban J connectivity index is 1.88. The summed E-state index contributed by atoms with van der Waals surface area (Å²) in [5.74, 6) is 0.400. The highest BCUT2D eigenvalue weighted by Crippen LogP contribution is 2.38. The van der Waals surface area contributed by atoms with Crippen LogP contribution < -0.4 is 0 Å². The zero-order valence-electron chi connectivity index (χ0n) is 12.5. The first-order valence-electron chi connectivity index (χ1n) is 7.40. The number of carbonyl (C=O) groups excluding carboxylic acids is 1. The molecule has 0 aromatic heterocycles. The molecule has 2 heterocycles. The Morgan fingerprint density at radius 2 is 2.24 bits per heavy atom. The summed E-state index contributed by atoms with van der Waals surface area (Å²) in [6, 6.07) is 7.83. The number of nitrogens with zero attached hydrogens (tertiary/aromatic N) is 1. The van der Waals surface area contributed by atoms with Crippen LogP contribution in [0.25, 0.3) is 0 Å². The average molecular weight is 303 g/mol. The summed E-state index contributed by atoms with van der Waals surface area (Å²) >= 11 is 1.93. The van der Waals surface area contributed by atoms with Crippen LogP contribution in [-0.2, 0) is 9.53 Å². The van der Waals surface area contributed by atoms with Crippen molar-refractivity contribution in [1.82, 2.24) is 4.90 Å². The first kappa shape index (κ1) is 14.7. The van der Waals surface area contributed by atoms with Crippen LogP contribution in [0.15, 0.2) is 35.7 Å². The van der Waals surface area contributed by atoms with E-state index in [-0.39, 0.29) is 12.0 Å². The van der Waals surface area contributed by atoms with Crippen LogP contribution in [0.2, 0.25) is 0 Å². The predicted octanol–water partition coefficient (Wildman–Crippen LogP) is 3.16. The third-order valence-corrected chi connectivity index (χ3v) is 5.72. The lowest BCUT2D eigenvalue weighted by atomic mass is 9.93. The molecule has 0 bridgehead atoms. The second kappa shape index (κ2) is 6.24. The molecule has 1 aromatic rings. The fourth-order valence-corrected chi connectivity index (χ4v) is 4.41. The molecule has 0 spiro atoms. The third-order valence-electron chi connectivity index (χ3n) is 4.48. The molecule has 0 N–H and O–H groups in total. The van der Waals surface area contributed by atoms with Gasteiger partial charge in [-0.2, -0.15) is 0 Å². The number of piperidine rings is 1. The molecule has 2 aliphatic rings. The second-order valence-corrected chi connectivity index (χ2v) is 6.88. The minimum absolute atomic E-state index is 0.155. The monoisotopic (exact) mass is 303 g/mol. The van der Waals surface area contributed by atoms with Crippen LogP contribution in [0.5, 0.6) is 0 Å². The van der Waals surface area contributed by atoms with Crippen molar-refractivity contribution in [3.05, 3.63) is 46.9 Å². The maximum absolute atomic E-state index is 12.4. The zero-order chi connectivity index (χ0) is 14.8. The highest BCUT2D eigenvalue weighted by molar-refractivity contribution is 8.03. The normalized spacial score (nSPS) is 26.4. The van der Waals surface area contributed by atoms with E-state index in [1.807, 2.05) is 30.0 Å². The molecule has 2 aliphatic heterocycles. The Kier molecular flexibility index (Phi) is 4.36. The summed E-state index contributed by atoms with van der Waals surface area (Å²) in [5, 5.41) is 2.90. The van der Waals surface area contributed by atoms with Crippen LogP contribution in [0.1, 0.15) is 23.6 Å². The van der Waals surface area contributed by atoms with Gasteiger partial charge in [-0.05, 0) is 29.9 Å². The van der Waals surface area contributed by atoms with Gasteiger partial charge in [-0.3, -0.25) is 4.90 Å². The minimum Gasteiger partial charge on any atom is -0.468 e. The number of carbonyl (C=O) groups is 1. The number of esters is 1. The molecule has 1 aromatic carbocycles. The van der Waals surface area contributed by atoms with Crippen molar-refractivity contribution < 1.29 is 9.53 Å². The number of thioether (sulfide) groups is 1. The molecular formula is C17H21NO2S. The number of ether oxygens (including phenoxy) is 1. The Hall–Kier alpha value is -1.26. The number of hydrogen-bond donors (Lipinski definition) is 0. The molecule has 4 heteroatoms. The van der Waals surface area contributed by atoms with Crippen molar-refractivity contribution in [3.63, 3.8) is 0 Å². The maximum Gasteiger partial charge on any atom is 0.327 e. The average Bonchev–Trinajstić information content (AvgIpc) is 2.97. The Bertz CT molecular complexity index is 557. The van der Waals surface area contributed by atoms with E-state index in [0.717, 1.165) is 30.6 Å². The van der Waals surface area contributed by atoms with E-state index in [9.17, 15) is 4.79 Å². The summed E-state index contributed by atoms with van der Waals surface area (Å²) in [5.41, 5.74) is 2.21. The molecular weight excluding hydrogens is 282 g/mol. The molecule has 21 heavy (non-hydrogen) atoms. The van der Waals surface area contributed by atoms with E-state index in [1.54, 1.807) is 0 Å². The third kappa shape index (κ3) is 2.87. The van der Waals surface area contributed by atoms with Crippen molar-refractivity contribution in [2.45, 2.75) is 24.6 Å². The van der Waals surface area contributed by atoms with Crippen molar-refractivity contribution in [3.8, 4) is 0 Å². The quantitative estimate of drug-likeness (QED) is 0.802. The van der Waals surface area contributed by atoms with Crippen molar-refractivity contribution in [1.29, 1.82) is 0 Å². The number of aryl methyl sites for hydroxylation is 1. The molecule has 3 atom stereocenters. The first-order valence-corrected chi connectivity index (χ1v) is 8.34. The fourth-order valence-electron chi connectivity index (χ4n) is 3.30. The lowest BCUT2D eigenvalue weighted by Crippen LogP contribution is -2.45. The molecule has 0 saturated carbocycles. The number of likely N-dealkylation sites (tertiary alicyclic amines) is 1. The summed E-state index contributed by atoms with van der Waals surface area (Å²) < 4.78 is 5.08. The summed E-state index contributed by atoms with van der Waals surface area (Å²) in [6.07, 6.45) is 3.41. The van der Waals surface area contributed by atoms with Crippen LogP contribution in [0, 0.1) is 12.8 Å². The summed E-state index contributed by atoms with van der Waals surface area (Å²) in [7, 11) is 1.48. The van der Waals surface area contributed by atoms with E-state index < -0.39 is 0 Å². The lowest BCUT2D eigenvalue weighted by Gasteiger charge is -2.38. The number of methoxy groups -OCH3 is 1. The molecule has 3 rings (SSSR count). The SMILES string of the molecule is COC(=O)[C@H](c1ccccc1C)N1CCC2SC=CC2C1. The molecule has 3 nitrogen and oxygen atoms in total. The summed E-state index contributed by atoms with van der Waals surface area (Å²) in [4.78, 5) is 14.7. The van der Waals surface area contributed by atoms with Gasteiger partial charge < -0.3 is 4.74 Å². The van der Waals surface area contributed by atoms with Gasteiger partial charge in [-0.1, -0.05) is 30.3 Å². The van der Waals surface area contributed by atoms with E-state index in [0.29, 0.717) is 11.2 Å². The van der Waals surface area contributed by atoms with E-state index in [4.69, 9.17) is 4.74 Å². The Morgan fingerprint density at radius 1 is 1.43 bits per heavy atom. The van der Waals surface area contributed by atoms with Gasteiger partial charge in [0.2, 0.25) is 0 Å². The van der Waals surface area contributed by atoms with Crippen LogP contribution in [-0.4, -0.2) is 36.3 Å². The van der Waals surface area contributed by atoms with Crippen LogP contribution in [0.3, 0.4) is 0 Å². The van der Waals surface area contributed by atoms with Crippen LogP contribution >= 0.6 is 11.8 Å². The van der Waals surface area contributed by atoms with Crippen molar-refractivity contribution in [2.75, 3.05) is 20.2 Å². The van der Waals surface area contributed by atoms with E-state index >= 15 is 0 Å². The van der Waals surface area contributed by atoms with E-state index in [2.05, 4.69) is 29.4 Å². The number of rotatable bonds is 3. The standard InChI is InChI=1S/C17H21NO2S/c1-12-5-3-4-6-14(12)16(17(19)20-2)18-9-7-15-13(11-18)8-10-21-15/h3-6,8,10,13,15-16H,7,9,11H2,1-2H3/t13?,15?,16-/m0/s1. The Morgan fingerprint density at radius 3 is 3.00 bits per heavy atom. The van der Waals surface area contributed by atoms with Gasteiger partial charge in [-0.25, -0.2) is 4.79 Å². The molecule has 112 valence electrons. The molecule has 0 amide bonds. The van der Waals surface area contributed by atoms with E-state index in [1.165, 1.54) is 7.11 Å². The van der Waals surface area contributed by atoms with Crippen molar-refractivity contribution >= 4 is 17.7 Å². The minimum atomic E-state index is -0.281. The zero-order valence-corrected chi connectivity index (χ0v) is 13.3. The molecule has 1 fully saturated rings. The summed E-state index contributed by atoms with van der Waals surface area (Å²) in [6.45, 7) is 3.94. The predicted molar refractivity (Wildman–Crippen MR) is 86.1 cm³/mol.